The van der Waals surface area contributed by atoms with Crippen LogP contribution in [0.5, 0.6) is 0 Å². The van der Waals surface area contributed by atoms with Crippen LogP contribution in [0.3, 0.4) is 0 Å². The summed E-state index contributed by atoms with van der Waals surface area (Å²) in [4.78, 5) is 38.1. The maximum absolute atomic E-state index is 12.8. The summed E-state index contributed by atoms with van der Waals surface area (Å²) in [7, 11) is 0. The first-order chi connectivity index (χ1) is 12.0. The zero-order valence-electron chi connectivity index (χ0n) is 13.6. The van der Waals surface area contributed by atoms with Crippen LogP contribution in [0.2, 0.25) is 0 Å². The Morgan fingerprint density at radius 1 is 1.16 bits per heavy atom. The lowest BCUT2D eigenvalue weighted by Crippen LogP contribution is -2.32. The van der Waals surface area contributed by atoms with Crippen LogP contribution in [0.4, 0.5) is 5.69 Å². The Morgan fingerprint density at radius 2 is 1.84 bits per heavy atom. The van der Waals surface area contributed by atoms with E-state index in [0.717, 1.165) is 17.3 Å². The van der Waals surface area contributed by atoms with Gasteiger partial charge in [-0.15, -0.1) is 11.8 Å². The lowest BCUT2D eigenvalue weighted by atomic mass is 10.1. The van der Waals surface area contributed by atoms with Crippen LogP contribution >= 0.6 is 11.8 Å². The van der Waals surface area contributed by atoms with Crippen molar-refractivity contribution < 1.29 is 19.5 Å². The molecular weight excluding hydrogens is 338 g/mol. The van der Waals surface area contributed by atoms with E-state index in [2.05, 4.69) is 0 Å². The molecule has 1 fully saturated rings. The minimum absolute atomic E-state index is 0.0279. The van der Waals surface area contributed by atoms with Crippen molar-refractivity contribution >= 4 is 35.2 Å². The highest BCUT2D eigenvalue weighted by Gasteiger charge is 2.41. The fourth-order valence-corrected chi connectivity index (χ4v) is 4.04. The van der Waals surface area contributed by atoms with E-state index in [4.69, 9.17) is 0 Å². The Morgan fingerprint density at radius 3 is 2.56 bits per heavy atom. The van der Waals surface area contributed by atoms with Crippen molar-refractivity contribution in [2.75, 3.05) is 4.90 Å². The van der Waals surface area contributed by atoms with Crippen molar-refractivity contribution in [3.63, 3.8) is 0 Å². The lowest BCUT2D eigenvalue weighted by Gasteiger charge is -2.18. The molecule has 2 aromatic rings. The van der Waals surface area contributed by atoms with Gasteiger partial charge in [0, 0.05) is 16.9 Å². The van der Waals surface area contributed by atoms with E-state index in [1.54, 1.807) is 30.3 Å². The van der Waals surface area contributed by atoms with E-state index in [-0.39, 0.29) is 23.8 Å². The van der Waals surface area contributed by atoms with Gasteiger partial charge in [-0.3, -0.25) is 9.59 Å². The molecule has 2 amide bonds. The molecule has 0 aromatic heterocycles. The molecule has 1 aliphatic heterocycles. The number of carboxylic acid groups (broad SMARTS) is 1. The van der Waals surface area contributed by atoms with Crippen LogP contribution in [0.25, 0.3) is 0 Å². The summed E-state index contributed by atoms with van der Waals surface area (Å²) in [6.07, 6.45) is 0.751. The van der Waals surface area contributed by atoms with Gasteiger partial charge in [-0.05, 0) is 24.1 Å². The number of aryl methyl sites for hydroxylation is 1. The van der Waals surface area contributed by atoms with Crippen LogP contribution in [0, 0.1) is 0 Å². The maximum atomic E-state index is 12.8. The smallest absolute Gasteiger partial charge is 0.247 e. The predicted molar refractivity (Wildman–Crippen MR) is 93.3 cm³/mol. The summed E-state index contributed by atoms with van der Waals surface area (Å²) in [5, 5.41) is 10.6. The molecule has 25 heavy (non-hydrogen) atoms. The summed E-state index contributed by atoms with van der Waals surface area (Å²) < 4.78 is 0. The molecule has 1 saturated heterocycles. The van der Waals surface area contributed by atoms with E-state index >= 15 is 0 Å². The molecule has 6 heteroatoms. The quantitative estimate of drug-likeness (QED) is 0.768. The Hall–Kier alpha value is -2.60. The third-order valence-electron chi connectivity index (χ3n) is 4.09. The van der Waals surface area contributed by atoms with Gasteiger partial charge in [0.2, 0.25) is 11.8 Å². The zero-order valence-corrected chi connectivity index (χ0v) is 14.4. The normalized spacial score (nSPS) is 17.2. The van der Waals surface area contributed by atoms with Crippen LogP contribution in [-0.4, -0.2) is 23.0 Å². The molecule has 2 aromatic carbocycles. The fourth-order valence-electron chi connectivity index (χ4n) is 2.87. The summed E-state index contributed by atoms with van der Waals surface area (Å²) in [5.74, 6) is -1.88. The summed E-state index contributed by atoms with van der Waals surface area (Å²) in [5.41, 5.74) is 1.56. The summed E-state index contributed by atoms with van der Waals surface area (Å²) >= 11 is 1.10. The van der Waals surface area contributed by atoms with Gasteiger partial charge >= 0.3 is 0 Å². The van der Waals surface area contributed by atoms with Gasteiger partial charge < -0.3 is 9.90 Å². The molecule has 0 N–H and O–H groups in total. The Balaban J connectivity index is 1.89. The van der Waals surface area contributed by atoms with Crippen molar-refractivity contribution in [1.29, 1.82) is 0 Å². The van der Waals surface area contributed by atoms with Crippen LogP contribution in [0.15, 0.2) is 53.4 Å². The van der Waals surface area contributed by atoms with Crippen LogP contribution in [0.1, 0.15) is 29.3 Å². The van der Waals surface area contributed by atoms with Gasteiger partial charge in [0.1, 0.15) is 0 Å². The topological polar surface area (TPSA) is 77.5 Å². The van der Waals surface area contributed by atoms with E-state index < -0.39 is 11.2 Å². The fraction of sp³-hybridized carbons (Fsp3) is 0.211. The van der Waals surface area contributed by atoms with Crippen LogP contribution < -0.4 is 10.0 Å². The second-order valence-electron chi connectivity index (χ2n) is 5.64. The number of carbonyl (C=O) groups is 3. The highest BCUT2D eigenvalue weighted by atomic mass is 32.2. The first-order valence-corrected chi connectivity index (χ1v) is 8.82. The van der Waals surface area contributed by atoms with Gasteiger partial charge in [-0.1, -0.05) is 43.3 Å². The molecular formula is C19H16NO4S-. The Kier molecular flexibility index (Phi) is 4.90. The minimum atomic E-state index is -1.30. The molecule has 0 spiro atoms. The highest BCUT2D eigenvalue weighted by molar-refractivity contribution is 8.00. The number of aromatic carboxylic acids is 1. The minimum Gasteiger partial charge on any atom is -0.545 e. The number of benzene rings is 2. The van der Waals surface area contributed by atoms with E-state index in [1.165, 1.54) is 11.0 Å². The Bertz CT molecular complexity index is 849. The molecule has 0 saturated carbocycles. The van der Waals surface area contributed by atoms with Crippen molar-refractivity contribution in [2.24, 2.45) is 0 Å². The van der Waals surface area contributed by atoms with Crippen LogP contribution in [-0.2, 0) is 16.0 Å². The van der Waals surface area contributed by atoms with Gasteiger partial charge in [0.05, 0.1) is 16.9 Å². The number of hydrogen-bond acceptors (Lipinski definition) is 5. The predicted octanol–water partition coefficient (Wildman–Crippen LogP) is 2.04. The number of carboxylic acids is 1. The number of anilines is 1. The standard InChI is InChI=1S/C19H17NO4S/c1-2-12-7-3-5-9-14(12)20-17(21)11-16(18(20)22)25-15-10-6-4-8-13(15)19(23)24/h3-10,16H,2,11H2,1H3,(H,23,24)/p-1/t16-/m1/s1. The second kappa shape index (κ2) is 7.11. The van der Waals surface area contributed by atoms with Crippen molar-refractivity contribution in [3.8, 4) is 0 Å². The van der Waals surface area contributed by atoms with Crippen molar-refractivity contribution in [3.05, 3.63) is 59.7 Å². The van der Waals surface area contributed by atoms with E-state index in [0.29, 0.717) is 17.0 Å². The molecule has 1 atom stereocenters. The third-order valence-corrected chi connectivity index (χ3v) is 5.36. The summed E-state index contributed by atoms with van der Waals surface area (Å²) in [6, 6.07) is 13.7. The molecule has 0 radical (unpaired) electrons. The number of carbonyl (C=O) groups excluding carboxylic acids is 3. The molecule has 3 rings (SSSR count). The molecule has 0 unspecified atom stereocenters. The first kappa shape index (κ1) is 17.2. The number of thioether (sulfide) groups is 1. The first-order valence-electron chi connectivity index (χ1n) is 7.94. The molecule has 1 aliphatic rings. The number of amides is 2. The van der Waals surface area contributed by atoms with Gasteiger partial charge in [-0.2, -0.15) is 0 Å². The van der Waals surface area contributed by atoms with E-state index in [9.17, 15) is 19.5 Å². The van der Waals surface area contributed by atoms with Gasteiger partial charge in [-0.25, -0.2) is 4.90 Å². The summed E-state index contributed by atoms with van der Waals surface area (Å²) in [6.45, 7) is 1.96. The van der Waals surface area contributed by atoms with Gasteiger partial charge in [0.25, 0.3) is 0 Å². The SMILES string of the molecule is CCc1ccccc1N1C(=O)C[C@@H](Sc2ccccc2C(=O)[O-])C1=O. The number of para-hydroxylation sites is 1. The number of nitrogens with zero attached hydrogens (tertiary/aromatic N) is 1. The number of hydrogen-bond donors (Lipinski definition) is 0. The largest absolute Gasteiger partial charge is 0.545 e. The highest BCUT2D eigenvalue weighted by Crippen LogP contribution is 2.36. The van der Waals surface area contributed by atoms with Crippen molar-refractivity contribution in [1.82, 2.24) is 0 Å². The van der Waals surface area contributed by atoms with E-state index in [1.807, 2.05) is 19.1 Å². The average Bonchev–Trinajstić information content (AvgIpc) is 2.88. The van der Waals surface area contributed by atoms with Crippen molar-refractivity contribution in [2.45, 2.75) is 29.9 Å². The maximum Gasteiger partial charge on any atom is 0.247 e. The Labute approximate surface area is 149 Å². The molecule has 1 heterocycles. The zero-order chi connectivity index (χ0) is 18.0. The van der Waals surface area contributed by atoms with Gasteiger partial charge in [0.15, 0.2) is 0 Å². The molecule has 128 valence electrons. The molecule has 5 nitrogen and oxygen atoms in total. The number of rotatable bonds is 5. The second-order valence-corrected chi connectivity index (χ2v) is 6.89. The molecule has 0 bridgehead atoms. The lowest BCUT2D eigenvalue weighted by molar-refractivity contribution is -0.255. The third kappa shape index (κ3) is 3.30. The number of imide groups is 1. The average molecular weight is 354 g/mol. The molecule has 0 aliphatic carbocycles. The monoisotopic (exact) mass is 354 g/mol.